The largest absolute Gasteiger partial charge is 0.494 e. The molecule has 2 nitrogen and oxygen atoms in total. The molecule has 0 saturated carbocycles. The summed E-state index contributed by atoms with van der Waals surface area (Å²) in [6.07, 6.45) is 6.72. The number of halogens is 1. The fourth-order valence-electron chi connectivity index (χ4n) is 3.02. The van der Waals surface area contributed by atoms with E-state index in [9.17, 15) is 0 Å². The third kappa shape index (κ3) is 5.91. The summed E-state index contributed by atoms with van der Waals surface area (Å²) in [6.45, 7) is 8.09. The quantitative estimate of drug-likeness (QED) is 0.298. The van der Waals surface area contributed by atoms with E-state index in [1.807, 2.05) is 0 Å². The van der Waals surface area contributed by atoms with Crippen molar-refractivity contribution in [2.75, 3.05) is 13.2 Å². The maximum Gasteiger partial charge on any atom is 0.123 e. The molecule has 0 aromatic heterocycles. The van der Waals surface area contributed by atoms with Gasteiger partial charge in [-0.15, -0.1) is 0 Å². The van der Waals surface area contributed by atoms with Gasteiger partial charge in [0.25, 0.3) is 0 Å². The maximum atomic E-state index is 6.10. The molecular formula is C22H31BrO2. The van der Waals surface area contributed by atoms with E-state index in [1.54, 1.807) is 0 Å². The van der Waals surface area contributed by atoms with E-state index in [0.29, 0.717) is 4.83 Å². The number of fused-ring (bicyclic) bond motifs is 1. The van der Waals surface area contributed by atoms with Gasteiger partial charge in [-0.05, 0) is 67.5 Å². The van der Waals surface area contributed by atoms with Gasteiger partial charge in [0.05, 0.1) is 13.2 Å². The molecule has 0 fully saturated rings. The number of hydrogen-bond acceptors (Lipinski definition) is 2. The minimum Gasteiger partial charge on any atom is -0.494 e. The van der Waals surface area contributed by atoms with Gasteiger partial charge in [-0.25, -0.2) is 0 Å². The summed E-state index contributed by atoms with van der Waals surface area (Å²) in [5.41, 5.74) is 1.30. The molecule has 2 rings (SSSR count). The molecule has 0 saturated heterocycles. The zero-order valence-corrected chi connectivity index (χ0v) is 17.4. The Hall–Kier alpha value is -1.22. The monoisotopic (exact) mass is 406 g/mol. The van der Waals surface area contributed by atoms with E-state index in [4.69, 9.17) is 9.47 Å². The van der Waals surface area contributed by atoms with Gasteiger partial charge < -0.3 is 9.47 Å². The number of hydrogen-bond donors (Lipinski definition) is 0. The van der Waals surface area contributed by atoms with Crippen LogP contribution in [0.4, 0.5) is 0 Å². The van der Waals surface area contributed by atoms with Crippen molar-refractivity contribution in [3.63, 3.8) is 0 Å². The molecule has 2 aromatic rings. The first-order chi connectivity index (χ1) is 12.2. The van der Waals surface area contributed by atoms with Crippen LogP contribution in [0.2, 0.25) is 0 Å². The number of unbranched alkanes of at least 4 members (excludes halogenated alkanes) is 1. The first kappa shape index (κ1) is 20.1. The van der Waals surface area contributed by atoms with Crippen LogP contribution in [0.25, 0.3) is 10.8 Å². The second-order valence-electron chi connectivity index (χ2n) is 6.48. The summed E-state index contributed by atoms with van der Waals surface area (Å²) < 4.78 is 11.9. The van der Waals surface area contributed by atoms with E-state index in [0.717, 1.165) is 44.0 Å². The predicted octanol–water partition coefficient (Wildman–Crippen LogP) is 6.91. The lowest BCUT2D eigenvalue weighted by Crippen LogP contribution is -2.02. The molecule has 0 aliphatic carbocycles. The van der Waals surface area contributed by atoms with Crippen molar-refractivity contribution in [3.05, 3.63) is 35.9 Å². The summed E-state index contributed by atoms with van der Waals surface area (Å²) in [6, 6.07) is 10.6. The summed E-state index contributed by atoms with van der Waals surface area (Å²) >= 11 is 3.69. The van der Waals surface area contributed by atoms with Crippen LogP contribution >= 0.6 is 15.9 Å². The molecule has 0 aliphatic rings. The molecule has 1 unspecified atom stereocenters. The lowest BCUT2D eigenvalue weighted by atomic mass is 10.0. The zero-order chi connectivity index (χ0) is 18.1. The zero-order valence-electron chi connectivity index (χ0n) is 15.8. The van der Waals surface area contributed by atoms with Gasteiger partial charge >= 0.3 is 0 Å². The van der Waals surface area contributed by atoms with Gasteiger partial charge in [0.15, 0.2) is 0 Å². The topological polar surface area (TPSA) is 18.5 Å². The number of aryl methyl sites for hydroxylation is 1. The normalized spacial score (nSPS) is 12.3. The molecule has 25 heavy (non-hydrogen) atoms. The highest BCUT2D eigenvalue weighted by molar-refractivity contribution is 9.09. The summed E-state index contributed by atoms with van der Waals surface area (Å²) in [5, 5.41) is 2.50. The molecule has 0 radical (unpaired) electrons. The van der Waals surface area contributed by atoms with Gasteiger partial charge in [-0.3, -0.25) is 0 Å². The number of benzene rings is 2. The Morgan fingerprint density at radius 1 is 0.960 bits per heavy atom. The van der Waals surface area contributed by atoms with E-state index in [-0.39, 0.29) is 0 Å². The van der Waals surface area contributed by atoms with Gasteiger partial charge in [0.2, 0.25) is 0 Å². The molecule has 0 heterocycles. The van der Waals surface area contributed by atoms with Crippen LogP contribution in [-0.4, -0.2) is 18.0 Å². The molecule has 138 valence electrons. The van der Waals surface area contributed by atoms with E-state index in [2.05, 4.69) is 67.0 Å². The van der Waals surface area contributed by atoms with E-state index < -0.39 is 0 Å². The van der Waals surface area contributed by atoms with Gasteiger partial charge in [0.1, 0.15) is 11.5 Å². The molecule has 3 heteroatoms. The molecule has 0 spiro atoms. The van der Waals surface area contributed by atoms with Crippen molar-refractivity contribution in [2.45, 2.75) is 64.1 Å². The molecule has 0 amide bonds. The Bertz CT molecular complexity index is 654. The first-order valence-corrected chi connectivity index (χ1v) is 10.6. The Morgan fingerprint density at radius 3 is 2.52 bits per heavy atom. The van der Waals surface area contributed by atoms with Crippen molar-refractivity contribution in [2.24, 2.45) is 0 Å². The van der Waals surface area contributed by atoms with Crippen LogP contribution in [0.5, 0.6) is 11.5 Å². The Kier molecular flexibility index (Phi) is 8.60. The van der Waals surface area contributed by atoms with Crippen molar-refractivity contribution in [1.29, 1.82) is 0 Å². The van der Waals surface area contributed by atoms with Crippen LogP contribution < -0.4 is 9.47 Å². The highest BCUT2D eigenvalue weighted by Gasteiger charge is 2.09. The molecular weight excluding hydrogens is 376 g/mol. The highest BCUT2D eigenvalue weighted by Crippen LogP contribution is 2.31. The van der Waals surface area contributed by atoms with E-state index in [1.165, 1.54) is 35.6 Å². The Labute approximate surface area is 161 Å². The third-order valence-electron chi connectivity index (χ3n) is 4.50. The van der Waals surface area contributed by atoms with Gasteiger partial charge in [-0.2, -0.15) is 0 Å². The Balaban J connectivity index is 2.02. The van der Waals surface area contributed by atoms with Crippen molar-refractivity contribution >= 4 is 26.7 Å². The number of rotatable bonds is 11. The fraction of sp³-hybridized carbons (Fsp3) is 0.545. The van der Waals surface area contributed by atoms with Crippen LogP contribution in [-0.2, 0) is 6.42 Å². The molecule has 0 aliphatic heterocycles. The lowest BCUT2D eigenvalue weighted by Gasteiger charge is -2.14. The minimum absolute atomic E-state index is 0.642. The SMILES string of the molecule is CCCOc1ccc2c(CC)c(OCCCCC(Br)CC)ccc2c1. The standard InChI is InChI=1S/C22H31BrO2/c1-4-14-24-19-11-12-21-17(16-19)10-13-22(20(21)6-3)25-15-8-7-9-18(23)5-2/h10-13,16,18H,4-9,14-15H2,1-3H3. The summed E-state index contributed by atoms with van der Waals surface area (Å²) in [7, 11) is 0. The number of alkyl halides is 1. The van der Waals surface area contributed by atoms with Crippen molar-refractivity contribution in [1.82, 2.24) is 0 Å². The maximum absolute atomic E-state index is 6.10. The lowest BCUT2D eigenvalue weighted by molar-refractivity contribution is 0.303. The van der Waals surface area contributed by atoms with Gasteiger partial charge in [-0.1, -0.05) is 48.8 Å². The second kappa shape index (κ2) is 10.7. The number of ether oxygens (including phenoxy) is 2. The van der Waals surface area contributed by atoms with Crippen LogP contribution in [0.15, 0.2) is 30.3 Å². The fourth-order valence-corrected chi connectivity index (χ4v) is 3.34. The Morgan fingerprint density at radius 2 is 1.80 bits per heavy atom. The average Bonchev–Trinajstić information content (AvgIpc) is 2.65. The molecule has 1 atom stereocenters. The minimum atomic E-state index is 0.642. The second-order valence-corrected chi connectivity index (χ2v) is 7.77. The summed E-state index contributed by atoms with van der Waals surface area (Å²) in [5.74, 6) is 1.98. The third-order valence-corrected chi connectivity index (χ3v) is 5.60. The van der Waals surface area contributed by atoms with Crippen molar-refractivity contribution in [3.8, 4) is 11.5 Å². The van der Waals surface area contributed by atoms with Gasteiger partial charge in [0, 0.05) is 10.4 Å². The molecule has 0 N–H and O–H groups in total. The van der Waals surface area contributed by atoms with Crippen LogP contribution in [0, 0.1) is 0 Å². The van der Waals surface area contributed by atoms with Crippen molar-refractivity contribution < 1.29 is 9.47 Å². The highest BCUT2D eigenvalue weighted by atomic mass is 79.9. The van der Waals surface area contributed by atoms with Crippen LogP contribution in [0.3, 0.4) is 0 Å². The predicted molar refractivity (Wildman–Crippen MR) is 111 cm³/mol. The summed E-state index contributed by atoms with van der Waals surface area (Å²) in [4.78, 5) is 0.642. The average molecular weight is 407 g/mol. The van der Waals surface area contributed by atoms with Crippen LogP contribution in [0.1, 0.15) is 58.4 Å². The van der Waals surface area contributed by atoms with E-state index >= 15 is 0 Å². The smallest absolute Gasteiger partial charge is 0.123 e. The first-order valence-electron chi connectivity index (χ1n) is 9.64. The molecule has 2 aromatic carbocycles. The molecule has 0 bridgehead atoms.